The Morgan fingerprint density at radius 2 is 1.84 bits per heavy atom. The van der Waals surface area contributed by atoms with Gasteiger partial charge in [0.2, 0.25) is 0 Å². The second-order valence-electron chi connectivity index (χ2n) is 3.84. The number of rotatable bonds is 5. The molecule has 0 aromatic heterocycles. The van der Waals surface area contributed by atoms with E-state index in [4.69, 9.17) is 4.74 Å². The van der Waals surface area contributed by atoms with Gasteiger partial charge in [-0.05, 0) is 19.1 Å². The van der Waals surface area contributed by atoms with E-state index in [1.54, 1.807) is 30.3 Å². The van der Waals surface area contributed by atoms with Gasteiger partial charge in [0, 0.05) is 12.6 Å². The predicted molar refractivity (Wildman–Crippen MR) is 68.4 cm³/mol. The fourth-order valence-corrected chi connectivity index (χ4v) is 1.26. The number of carbonyl (C=O) groups is 3. The molecule has 0 heterocycles. The van der Waals surface area contributed by atoms with E-state index in [0.29, 0.717) is 5.56 Å². The van der Waals surface area contributed by atoms with Crippen LogP contribution in [0.1, 0.15) is 17.3 Å². The van der Waals surface area contributed by atoms with E-state index in [-0.39, 0.29) is 12.5 Å². The van der Waals surface area contributed by atoms with Crippen molar-refractivity contribution in [1.82, 2.24) is 10.6 Å². The van der Waals surface area contributed by atoms with E-state index < -0.39 is 17.9 Å². The molecule has 1 atom stereocenters. The summed E-state index contributed by atoms with van der Waals surface area (Å²) >= 11 is 0. The van der Waals surface area contributed by atoms with Crippen molar-refractivity contribution in [2.75, 3.05) is 13.7 Å². The fourth-order valence-electron chi connectivity index (χ4n) is 1.26. The summed E-state index contributed by atoms with van der Waals surface area (Å²) in [6, 6.07) is 7.69. The van der Waals surface area contributed by atoms with E-state index in [0.717, 1.165) is 0 Å². The van der Waals surface area contributed by atoms with Crippen LogP contribution in [-0.4, -0.2) is 37.5 Å². The zero-order chi connectivity index (χ0) is 14.3. The number of hydrogen-bond acceptors (Lipinski definition) is 4. The quantitative estimate of drug-likeness (QED) is 0.738. The lowest BCUT2D eigenvalue weighted by molar-refractivity contribution is -0.149. The number of amides is 2. The number of likely N-dealkylation sites (N-methyl/N-ethyl adjacent to an activating group) is 1. The second-order valence-corrected chi connectivity index (χ2v) is 3.84. The second kappa shape index (κ2) is 7.15. The summed E-state index contributed by atoms with van der Waals surface area (Å²) in [7, 11) is 1.44. The zero-order valence-corrected chi connectivity index (χ0v) is 10.8. The topological polar surface area (TPSA) is 84.5 Å². The molecule has 0 aliphatic carbocycles. The zero-order valence-electron chi connectivity index (χ0n) is 10.8. The highest BCUT2D eigenvalue weighted by molar-refractivity contribution is 5.96. The largest absolute Gasteiger partial charge is 0.454 e. The van der Waals surface area contributed by atoms with Gasteiger partial charge >= 0.3 is 5.97 Å². The molecule has 0 saturated heterocycles. The van der Waals surface area contributed by atoms with Gasteiger partial charge in [0.1, 0.15) is 6.04 Å². The third kappa shape index (κ3) is 4.79. The molecule has 0 saturated carbocycles. The Balaban J connectivity index is 2.46. The van der Waals surface area contributed by atoms with Gasteiger partial charge in [0.15, 0.2) is 6.61 Å². The summed E-state index contributed by atoms with van der Waals surface area (Å²) < 4.78 is 4.73. The molecular weight excluding hydrogens is 248 g/mol. The Labute approximate surface area is 111 Å². The Kier molecular flexibility index (Phi) is 5.53. The molecule has 1 aromatic carbocycles. The molecule has 102 valence electrons. The molecule has 1 aromatic rings. The van der Waals surface area contributed by atoms with Gasteiger partial charge < -0.3 is 15.4 Å². The highest BCUT2D eigenvalue weighted by Crippen LogP contribution is 1.99. The third-order valence-corrected chi connectivity index (χ3v) is 2.36. The van der Waals surface area contributed by atoms with Crippen LogP contribution in [0.5, 0.6) is 0 Å². The number of nitrogens with one attached hydrogen (secondary N) is 2. The molecular formula is C13H16N2O4. The van der Waals surface area contributed by atoms with Gasteiger partial charge in [-0.2, -0.15) is 0 Å². The van der Waals surface area contributed by atoms with E-state index in [1.165, 1.54) is 14.0 Å². The van der Waals surface area contributed by atoms with Crippen molar-refractivity contribution in [2.24, 2.45) is 0 Å². The molecule has 19 heavy (non-hydrogen) atoms. The molecule has 0 fully saturated rings. The van der Waals surface area contributed by atoms with Crippen molar-refractivity contribution in [1.29, 1.82) is 0 Å². The Morgan fingerprint density at radius 3 is 2.42 bits per heavy atom. The lowest BCUT2D eigenvalue weighted by Gasteiger charge is -2.13. The predicted octanol–water partition coefficient (Wildman–Crippen LogP) is 0.0941. The summed E-state index contributed by atoms with van der Waals surface area (Å²) in [5.74, 6) is -1.44. The summed E-state index contributed by atoms with van der Waals surface area (Å²) in [4.78, 5) is 34.2. The monoisotopic (exact) mass is 264 g/mol. The maximum absolute atomic E-state index is 11.8. The minimum atomic E-state index is -0.822. The lowest BCUT2D eigenvalue weighted by atomic mass is 10.2. The molecule has 0 bridgehead atoms. The summed E-state index contributed by atoms with van der Waals surface area (Å²) in [6.45, 7) is 1.13. The van der Waals surface area contributed by atoms with Gasteiger partial charge in [-0.1, -0.05) is 18.2 Å². The molecule has 0 aliphatic rings. The number of benzene rings is 1. The van der Waals surface area contributed by atoms with Crippen molar-refractivity contribution in [3.8, 4) is 0 Å². The van der Waals surface area contributed by atoms with Crippen LogP contribution in [0.4, 0.5) is 0 Å². The first-order valence-corrected chi connectivity index (χ1v) is 5.77. The molecule has 0 radical (unpaired) electrons. The van der Waals surface area contributed by atoms with Crippen LogP contribution in [0.2, 0.25) is 0 Å². The minimum absolute atomic E-state index is 0.360. The van der Waals surface area contributed by atoms with Gasteiger partial charge in [0.25, 0.3) is 11.8 Å². The molecule has 0 unspecified atom stereocenters. The highest BCUT2D eigenvalue weighted by atomic mass is 16.5. The fraction of sp³-hybridized carbons (Fsp3) is 0.308. The molecule has 6 heteroatoms. The highest BCUT2D eigenvalue weighted by Gasteiger charge is 2.18. The lowest BCUT2D eigenvalue weighted by Crippen LogP contribution is -2.40. The average molecular weight is 264 g/mol. The summed E-state index contributed by atoms with van der Waals surface area (Å²) in [6.07, 6.45) is 0. The van der Waals surface area contributed by atoms with Crippen LogP contribution in [0, 0.1) is 0 Å². The minimum Gasteiger partial charge on any atom is -0.454 e. The molecule has 6 nitrogen and oxygen atoms in total. The normalized spacial score (nSPS) is 11.3. The first-order valence-electron chi connectivity index (χ1n) is 5.77. The van der Waals surface area contributed by atoms with E-state index >= 15 is 0 Å². The van der Waals surface area contributed by atoms with E-state index in [9.17, 15) is 14.4 Å². The van der Waals surface area contributed by atoms with Crippen molar-refractivity contribution in [3.63, 3.8) is 0 Å². The average Bonchev–Trinajstić information content (AvgIpc) is 2.44. The van der Waals surface area contributed by atoms with Gasteiger partial charge in [-0.25, -0.2) is 4.79 Å². The van der Waals surface area contributed by atoms with Gasteiger partial charge in [0.05, 0.1) is 0 Å². The van der Waals surface area contributed by atoms with Crippen LogP contribution < -0.4 is 10.6 Å². The summed E-state index contributed by atoms with van der Waals surface area (Å²) in [5.41, 5.74) is 0.452. The molecule has 0 spiro atoms. The van der Waals surface area contributed by atoms with Gasteiger partial charge in [-0.3, -0.25) is 9.59 Å². The van der Waals surface area contributed by atoms with E-state index in [2.05, 4.69) is 10.6 Å². The number of carbonyl (C=O) groups excluding carboxylic acids is 3. The van der Waals surface area contributed by atoms with Gasteiger partial charge in [-0.15, -0.1) is 0 Å². The number of ether oxygens (including phenoxy) is 1. The first kappa shape index (κ1) is 14.7. The van der Waals surface area contributed by atoms with Crippen molar-refractivity contribution in [3.05, 3.63) is 35.9 Å². The standard InChI is InChI=1S/C13H16N2O4/c1-9(13(18)19-8-11(16)14-2)15-12(17)10-6-4-3-5-7-10/h3-7,9H,8H2,1-2H3,(H,14,16)(H,15,17)/t9-/m0/s1. The SMILES string of the molecule is CNC(=O)COC(=O)[C@H](C)NC(=O)c1ccccc1. The smallest absolute Gasteiger partial charge is 0.328 e. The maximum Gasteiger partial charge on any atom is 0.328 e. The van der Waals surface area contributed by atoms with Crippen LogP contribution in [0.15, 0.2) is 30.3 Å². The first-order chi connectivity index (χ1) is 9.04. The van der Waals surface area contributed by atoms with Crippen molar-refractivity contribution < 1.29 is 19.1 Å². The Bertz CT molecular complexity index is 459. The van der Waals surface area contributed by atoms with E-state index in [1.807, 2.05) is 0 Å². The molecule has 0 aliphatic heterocycles. The molecule has 2 N–H and O–H groups in total. The summed E-state index contributed by atoms with van der Waals surface area (Å²) in [5, 5.41) is 4.81. The Morgan fingerprint density at radius 1 is 1.21 bits per heavy atom. The van der Waals surface area contributed by atoms with Crippen molar-refractivity contribution >= 4 is 17.8 Å². The third-order valence-electron chi connectivity index (χ3n) is 2.36. The number of hydrogen-bond donors (Lipinski definition) is 2. The Hall–Kier alpha value is -2.37. The van der Waals surface area contributed by atoms with Crippen molar-refractivity contribution in [2.45, 2.75) is 13.0 Å². The van der Waals surface area contributed by atoms with Crippen LogP contribution in [-0.2, 0) is 14.3 Å². The number of esters is 1. The van der Waals surface area contributed by atoms with Crippen LogP contribution in [0.3, 0.4) is 0 Å². The molecule has 1 rings (SSSR count). The van der Waals surface area contributed by atoms with Crippen LogP contribution in [0.25, 0.3) is 0 Å². The van der Waals surface area contributed by atoms with Crippen LogP contribution >= 0.6 is 0 Å². The maximum atomic E-state index is 11.8. The molecule has 2 amide bonds.